The van der Waals surface area contributed by atoms with E-state index in [4.69, 9.17) is 10.2 Å². The lowest BCUT2D eigenvalue weighted by atomic mass is 10.1. The average molecular weight is 205 g/mol. The van der Waals surface area contributed by atoms with Gasteiger partial charge in [-0.3, -0.25) is 4.79 Å². The zero-order chi connectivity index (χ0) is 11.0. The number of aryl methyl sites for hydroxylation is 1. The van der Waals surface area contributed by atoms with Gasteiger partial charge in [-0.05, 0) is 19.1 Å². The second kappa shape index (κ2) is 3.49. The molecule has 15 heavy (non-hydrogen) atoms. The fraction of sp³-hybridized carbons (Fsp3) is 0.182. The van der Waals surface area contributed by atoms with Crippen molar-refractivity contribution in [1.82, 2.24) is 4.98 Å². The van der Waals surface area contributed by atoms with Crippen molar-refractivity contribution in [3.63, 3.8) is 0 Å². The third kappa shape index (κ3) is 1.77. The first kappa shape index (κ1) is 9.89. The van der Waals surface area contributed by atoms with Crippen molar-refractivity contribution in [2.45, 2.75) is 13.2 Å². The Bertz CT molecular complexity index is 557. The predicted octanol–water partition coefficient (Wildman–Crippen LogP) is 0.820. The van der Waals surface area contributed by atoms with Crippen molar-refractivity contribution < 1.29 is 10.2 Å². The van der Waals surface area contributed by atoms with Crippen molar-refractivity contribution >= 4 is 10.9 Å². The maximum atomic E-state index is 11.2. The minimum Gasteiger partial charge on any atom is -0.364 e. The summed E-state index contributed by atoms with van der Waals surface area (Å²) in [6.45, 7) is 1.90. The van der Waals surface area contributed by atoms with Crippen LogP contribution in [-0.2, 0) is 0 Å². The zero-order valence-electron chi connectivity index (χ0n) is 8.19. The van der Waals surface area contributed by atoms with Crippen molar-refractivity contribution in [3.05, 3.63) is 45.7 Å². The molecule has 0 saturated heterocycles. The molecule has 0 amide bonds. The van der Waals surface area contributed by atoms with E-state index in [1.54, 1.807) is 12.1 Å². The highest BCUT2D eigenvalue weighted by Gasteiger charge is 2.09. The van der Waals surface area contributed by atoms with Crippen LogP contribution in [0.15, 0.2) is 29.1 Å². The van der Waals surface area contributed by atoms with Crippen molar-refractivity contribution in [2.24, 2.45) is 0 Å². The number of fused-ring (bicyclic) bond motifs is 1. The van der Waals surface area contributed by atoms with Crippen LogP contribution in [0.1, 0.15) is 17.4 Å². The first-order valence-electron chi connectivity index (χ1n) is 4.57. The molecule has 78 valence electrons. The Hall–Kier alpha value is -1.65. The maximum Gasteiger partial charge on any atom is 0.248 e. The molecule has 0 atom stereocenters. The van der Waals surface area contributed by atoms with Gasteiger partial charge >= 0.3 is 0 Å². The van der Waals surface area contributed by atoms with E-state index in [0.29, 0.717) is 10.9 Å². The van der Waals surface area contributed by atoms with Crippen molar-refractivity contribution in [2.75, 3.05) is 0 Å². The molecular weight excluding hydrogens is 194 g/mol. The minimum absolute atomic E-state index is 0.234. The zero-order valence-corrected chi connectivity index (χ0v) is 8.19. The summed E-state index contributed by atoms with van der Waals surface area (Å²) in [5, 5.41) is 18.9. The molecule has 1 heterocycles. The Morgan fingerprint density at radius 3 is 2.67 bits per heavy atom. The number of H-pyrrole nitrogens is 1. The van der Waals surface area contributed by atoms with Gasteiger partial charge < -0.3 is 15.2 Å². The summed E-state index contributed by atoms with van der Waals surface area (Å²) in [4.78, 5) is 13.9. The molecule has 0 unspecified atom stereocenters. The second-order valence-corrected chi connectivity index (χ2v) is 3.51. The predicted molar refractivity (Wildman–Crippen MR) is 56.5 cm³/mol. The van der Waals surface area contributed by atoms with E-state index in [0.717, 1.165) is 5.56 Å². The molecule has 0 fully saturated rings. The molecular formula is C11H11NO3. The van der Waals surface area contributed by atoms with E-state index in [9.17, 15) is 4.79 Å². The molecule has 0 aliphatic rings. The van der Waals surface area contributed by atoms with E-state index in [-0.39, 0.29) is 11.1 Å². The maximum absolute atomic E-state index is 11.2. The summed E-state index contributed by atoms with van der Waals surface area (Å²) in [7, 11) is 0. The smallest absolute Gasteiger partial charge is 0.248 e. The summed E-state index contributed by atoms with van der Waals surface area (Å²) < 4.78 is 0. The lowest BCUT2D eigenvalue weighted by Gasteiger charge is -2.08. The Morgan fingerprint density at radius 2 is 2.00 bits per heavy atom. The second-order valence-electron chi connectivity index (χ2n) is 3.51. The molecule has 2 aromatic rings. The van der Waals surface area contributed by atoms with Crippen LogP contribution in [0.5, 0.6) is 0 Å². The highest BCUT2D eigenvalue weighted by molar-refractivity contribution is 5.82. The van der Waals surface area contributed by atoms with Crippen LogP contribution < -0.4 is 5.56 Å². The van der Waals surface area contributed by atoms with Gasteiger partial charge in [-0.1, -0.05) is 11.6 Å². The summed E-state index contributed by atoms with van der Waals surface area (Å²) in [6, 6.07) is 6.61. The molecule has 2 rings (SSSR count). The molecule has 3 N–H and O–H groups in total. The summed E-state index contributed by atoms with van der Waals surface area (Å²) in [5.74, 6) is 0. The van der Waals surface area contributed by atoms with Gasteiger partial charge in [-0.15, -0.1) is 0 Å². The normalized spacial score (nSPS) is 11.2. The lowest BCUT2D eigenvalue weighted by Crippen LogP contribution is -2.09. The molecule has 4 heteroatoms. The molecule has 1 aromatic carbocycles. The third-order valence-corrected chi connectivity index (χ3v) is 2.31. The Morgan fingerprint density at radius 1 is 1.27 bits per heavy atom. The Balaban J connectivity index is 2.88. The van der Waals surface area contributed by atoms with Crippen molar-refractivity contribution in [1.29, 1.82) is 0 Å². The highest BCUT2D eigenvalue weighted by Crippen LogP contribution is 2.20. The topological polar surface area (TPSA) is 73.3 Å². The van der Waals surface area contributed by atoms with Gasteiger partial charge in [0.1, 0.15) is 0 Å². The number of rotatable bonds is 1. The van der Waals surface area contributed by atoms with Gasteiger partial charge in [0.25, 0.3) is 0 Å². The molecule has 0 radical (unpaired) electrons. The van der Waals surface area contributed by atoms with E-state index >= 15 is 0 Å². The Labute approximate surface area is 85.8 Å². The quantitative estimate of drug-likeness (QED) is 0.603. The van der Waals surface area contributed by atoms with Crippen LogP contribution in [-0.4, -0.2) is 15.2 Å². The van der Waals surface area contributed by atoms with E-state index in [2.05, 4.69) is 4.98 Å². The number of hydrogen-bond donors (Lipinski definition) is 3. The van der Waals surface area contributed by atoms with Gasteiger partial charge in [0, 0.05) is 22.5 Å². The number of aromatic amines is 1. The van der Waals surface area contributed by atoms with Gasteiger partial charge in [0.05, 0.1) is 0 Å². The largest absolute Gasteiger partial charge is 0.364 e. The Kier molecular flexibility index (Phi) is 2.30. The average Bonchev–Trinajstić information content (AvgIpc) is 2.17. The van der Waals surface area contributed by atoms with Gasteiger partial charge in [0.15, 0.2) is 6.29 Å². The standard InChI is InChI=1S/C11H11NO3/c1-6-2-3-9-7(4-6)8(11(14)15)5-10(13)12-9/h2-5,11,14-15H,1H3,(H,12,13). The van der Waals surface area contributed by atoms with E-state index in [1.807, 2.05) is 13.0 Å². The monoisotopic (exact) mass is 205 g/mol. The van der Waals surface area contributed by atoms with Crippen LogP contribution >= 0.6 is 0 Å². The number of aromatic nitrogens is 1. The lowest BCUT2D eigenvalue weighted by molar-refractivity contribution is -0.0414. The van der Waals surface area contributed by atoms with E-state index < -0.39 is 6.29 Å². The van der Waals surface area contributed by atoms with Gasteiger partial charge in [0.2, 0.25) is 5.56 Å². The van der Waals surface area contributed by atoms with Crippen LogP contribution in [0, 0.1) is 6.92 Å². The molecule has 0 spiro atoms. The van der Waals surface area contributed by atoms with Crippen LogP contribution in [0.2, 0.25) is 0 Å². The number of hydrogen-bond acceptors (Lipinski definition) is 3. The number of nitrogens with one attached hydrogen (secondary N) is 1. The summed E-state index contributed by atoms with van der Waals surface area (Å²) in [5.41, 5.74) is 1.50. The van der Waals surface area contributed by atoms with Gasteiger partial charge in [-0.2, -0.15) is 0 Å². The first-order chi connectivity index (χ1) is 7.08. The number of aliphatic hydroxyl groups is 2. The molecule has 0 aliphatic heterocycles. The summed E-state index contributed by atoms with van der Waals surface area (Å²) in [6.07, 6.45) is -1.63. The highest BCUT2D eigenvalue weighted by atomic mass is 16.5. The van der Waals surface area contributed by atoms with E-state index in [1.165, 1.54) is 6.07 Å². The molecule has 0 aliphatic carbocycles. The minimum atomic E-state index is -1.63. The van der Waals surface area contributed by atoms with Crippen LogP contribution in [0.4, 0.5) is 0 Å². The number of aliphatic hydroxyl groups excluding tert-OH is 1. The van der Waals surface area contributed by atoms with Crippen molar-refractivity contribution in [3.8, 4) is 0 Å². The third-order valence-electron chi connectivity index (χ3n) is 2.31. The van der Waals surface area contributed by atoms with Crippen LogP contribution in [0.3, 0.4) is 0 Å². The summed E-state index contributed by atoms with van der Waals surface area (Å²) >= 11 is 0. The fourth-order valence-corrected chi connectivity index (χ4v) is 1.61. The molecule has 4 nitrogen and oxygen atoms in total. The molecule has 0 bridgehead atoms. The SMILES string of the molecule is Cc1ccc2[nH]c(=O)cc(C(O)O)c2c1. The first-order valence-corrected chi connectivity index (χ1v) is 4.57. The molecule has 1 aromatic heterocycles. The number of pyridine rings is 1. The van der Waals surface area contributed by atoms with Crippen LogP contribution in [0.25, 0.3) is 10.9 Å². The van der Waals surface area contributed by atoms with Gasteiger partial charge in [-0.25, -0.2) is 0 Å². The number of benzene rings is 1. The fourth-order valence-electron chi connectivity index (χ4n) is 1.61. The molecule has 0 saturated carbocycles.